The maximum atomic E-state index is 13.1. The van der Waals surface area contributed by atoms with Crippen LogP contribution in [0.1, 0.15) is 60.4 Å². The van der Waals surface area contributed by atoms with E-state index < -0.39 is 0 Å². The van der Waals surface area contributed by atoms with Gasteiger partial charge in [0, 0.05) is 49.9 Å². The zero-order chi connectivity index (χ0) is 25.1. The summed E-state index contributed by atoms with van der Waals surface area (Å²) < 4.78 is 0. The van der Waals surface area contributed by atoms with Crippen LogP contribution in [-0.4, -0.2) is 55.0 Å². The molecule has 1 N–H and O–H groups in total. The number of likely N-dealkylation sites (N-methyl/N-ethyl adjacent to an activating group) is 1. The number of benzene rings is 2. The van der Waals surface area contributed by atoms with Gasteiger partial charge in [0.1, 0.15) is 0 Å². The molecule has 1 aliphatic carbocycles. The summed E-state index contributed by atoms with van der Waals surface area (Å²) in [6, 6.07) is 15.9. The summed E-state index contributed by atoms with van der Waals surface area (Å²) in [6.07, 6.45) is 9.62. The van der Waals surface area contributed by atoms with Crippen LogP contribution in [0.4, 0.5) is 0 Å². The molecule has 1 amide bonds. The summed E-state index contributed by atoms with van der Waals surface area (Å²) in [4.78, 5) is 17.5. The fourth-order valence-corrected chi connectivity index (χ4v) is 6.12. The number of dihydropyridines is 1. The molecular formula is C30H35Cl2N3O. The molecule has 6 heteroatoms. The molecule has 2 heterocycles. The Labute approximate surface area is 224 Å². The molecule has 0 radical (unpaired) electrons. The highest BCUT2D eigenvalue weighted by atomic mass is 35.5. The van der Waals surface area contributed by atoms with E-state index in [-0.39, 0.29) is 11.8 Å². The van der Waals surface area contributed by atoms with Crippen molar-refractivity contribution in [3.8, 4) is 0 Å². The molecule has 0 spiro atoms. The fraction of sp³-hybridized carbons (Fsp3) is 0.433. The molecule has 1 saturated heterocycles. The Bertz CT molecular complexity index is 1160. The summed E-state index contributed by atoms with van der Waals surface area (Å²) >= 11 is 12.6. The van der Waals surface area contributed by atoms with E-state index in [4.69, 9.17) is 23.2 Å². The van der Waals surface area contributed by atoms with Crippen LogP contribution in [0.15, 0.2) is 71.5 Å². The van der Waals surface area contributed by atoms with E-state index in [0.717, 1.165) is 38.0 Å². The third-order valence-corrected chi connectivity index (χ3v) is 8.62. The first-order valence-electron chi connectivity index (χ1n) is 13.1. The Morgan fingerprint density at radius 2 is 1.92 bits per heavy atom. The number of amides is 1. The van der Waals surface area contributed by atoms with E-state index in [0.29, 0.717) is 28.2 Å². The lowest BCUT2D eigenvalue weighted by Crippen LogP contribution is -2.46. The number of piperidine rings is 1. The van der Waals surface area contributed by atoms with Gasteiger partial charge in [-0.05, 0) is 86.0 Å². The van der Waals surface area contributed by atoms with Gasteiger partial charge in [-0.15, -0.1) is 0 Å². The van der Waals surface area contributed by atoms with Gasteiger partial charge in [0.2, 0.25) is 0 Å². The lowest BCUT2D eigenvalue weighted by atomic mass is 9.86. The van der Waals surface area contributed by atoms with E-state index in [1.54, 1.807) is 0 Å². The molecule has 2 aromatic carbocycles. The van der Waals surface area contributed by atoms with Crippen molar-refractivity contribution in [1.29, 1.82) is 0 Å². The number of allylic oxidation sites excluding steroid dienone is 3. The first-order valence-corrected chi connectivity index (χ1v) is 13.9. The van der Waals surface area contributed by atoms with E-state index in [9.17, 15) is 4.79 Å². The molecule has 2 atom stereocenters. The van der Waals surface area contributed by atoms with Gasteiger partial charge < -0.3 is 10.2 Å². The Morgan fingerprint density at radius 3 is 2.72 bits per heavy atom. The second kappa shape index (κ2) is 11.4. The number of rotatable bonds is 7. The average molecular weight is 525 g/mol. The van der Waals surface area contributed by atoms with Gasteiger partial charge in [-0.3, -0.25) is 9.69 Å². The van der Waals surface area contributed by atoms with Crippen molar-refractivity contribution in [2.45, 2.75) is 50.5 Å². The lowest BCUT2D eigenvalue weighted by Gasteiger charge is -2.40. The summed E-state index contributed by atoms with van der Waals surface area (Å²) in [6.45, 7) is 3.71. The standard InChI is InChI=1S/C30H35Cl2N3O/c1-34(30(36)21-7-3-2-4-8-21)19-24(22-11-12-26(31)27(32)18-22)13-15-35-16-14-29-25(20-35)17-23-9-5-6-10-28(23)33-29/h2-4,7-8,11-12,17-18,24,29,33H,5-6,9-10,13-16,19-20H2,1H3. The Balaban J connectivity index is 1.28. The fourth-order valence-electron chi connectivity index (χ4n) is 5.82. The topological polar surface area (TPSA) is 35.6 Å². The van der Waals surface area contributed by atoms with Gasteiger partial charge in [0.15, 0.2) is 0 Å². The molecule has 36 heavy (non-hydrogen) atoms. The zero-order valence-corrected chi connectivity index (χ0v) is 22.5. The first kappa shape index (κ1) is 25.4. The largest absolute Gasteiger partial charge is 0.382 e. The van der Waals surface area contributed by atoms with Crippen LogP contribution in [0.5, 0.6) is 0 Å². The number of nitrogens with zero attached hydrogens (tertiary/aromatic N) is 2. The number of hydrogen-bond acceptors (Lipinski definition) is 3. The van der Waals surface area contributed by atoms with Gasteiger partial charge >= 0.3 is 0 Å². The summed E-state index contributed by atoms with van der Waals surface area (Å²) in [5, 5.41) is 4.97. The predicted molar refractivity (Wildman–Crippen MR) is 149 cm³/mol. The molecule has 2 aromatic rings. The third-order valence-electron chi connectivity index (χ3n) is 7.88. The highest BCUT2D eigenvalue weighted by Crippen LogP contribution is 2.33. The van der Waals surface area contributed by atoms with Crippen molar-refractivity contribution < 1.29 is 4.79 Å². The second-order valence-electron chi connectivity index (χ2n) is 10.4. The normalized spacial score (nSPS) is 20.6. The quantitative estimate of drug-likeness (QED) is 0.440. The lowest BCUT2D eigenvalue weighted by molar-refractivity contribution is 0.0782. The highest BCUT2D eigenvalue weighted by Gasteiger charge is 2.29. The monoisotopic (exact) mass is 523 g/mol. The smallest absolute Gasteiger partial charge is 0.253 e. The van der Waals surface area contributed by atoms with E-state index in [1.165, 1.54) is 42.5 Å². The van der Waals surface area contributed by atoms with Crippen LogP contribution in [0.25, 0.3) is 0 Å². The van der Waals surface area contributed by atoms with Gasteiger partial charge in [0.25, 0.3) is 5.91 Å². The van der Waals surface area contributed by atoms with Crippen LogP contribution >= 0.6 is 23.2 Å². The second-order valence-corrected chi connectivity index (χ2v) is 11.2. The number of carbonyl (C=O) groups is 1. The molecule has 0 aromatic heterocycles. The SMILES string of the molecule is CN(CC(CCN1CCC2NC3=C(C=C2C1)CCCC3)c1ccc(Cl)c(Cl)c1)C(=O)c1ccccc1. The maximum absolute atomic E-state index is 13.1. The minimum atomic E-state index is 0.0384. The molecule has 2 unspecified atom stereocenters. The molecule has 3 aliphatic rings. The predicted octanol–water partition coefficient (Wildman–Crippen LogP) is 6.67. The van der Waals surface area contributed by atoms with Crippen molar-refractivity contribution in [3.63, 3.8) is 0 Å². The molecule has 0 bridgehead atoms. The number of carbonyl (C=O) groups excluding carboxylic acids is 1. The van der Waals surface area contributed by atoms with Crippen LogP contribution < -0.4 is 5.32 Å². The van der Waals surface area contributed by atoms with Gasteiger partial charge in [-0.25, -0.2) is 0 Å². The number of likely N-dealkylation sites (tertiary alicyclic amines) is 1. The minimum absolute atomic E-state index is 0.0384. The van der Waals surface area contributed by atoms with E-state index in [1.807, 2.05) is 54.4 Å². The van der Waals surface area contributed by atoms with Crippen molar-refractivity contribution in [2.75, 3.05) is 33.2 Å². The van der Waals surface area contributed by atoms with Crippen LogP contribution in [0.3, 0.4) is 0 Å². The van der Waals surface area contributed by atoms with E-state index in [2.05, 4.69) is 22.4 Å². The molecule has 0 saturated carbocycles. The van der Waals surface area contributed by atoms with Crippen LogP contribution in [0.2, 0.25) is 10.0 Å². The van der Waals surface area contributed by atoms with Crippen molar-refractivity contribution in [2.24, 2.45) is 0 Å². The van der Waals surface area contributed by atoms with Crippen LogP contribution in [-0.2, 0) is 0 Å². The van der Waals surface area contributed by atoms with Crippen molar-refractivity contribution >= 4 is 29.1 Å². The summed E-state index contributed by atoms with van der Waals surface area (Å²) in [7, 11) is 1.89. The molecule has 1 fully saturated rings. The molecule has 5 rings (SSSR count). The van der Waals surface area contributed by atoms with Gasteiger partial charge in [-0.1, -0.05) is 53.5 Å². The summed E-state index contributed by atoms with van der Waals surface area (Å²) in [5.74, 6) is 0.206. The number of fused-ring (bicyclic) bond motifs is 1. The van der Waals surface area contributed by atoms with E-state index >= 15 is 0 Å². The summed E-state index contributed by atoms with van der Waals surface area (Å²) in [5.41, 5.74) is 6.40. The average Bonchev–Trinajstić information content (AvgIpc) is 2.91. The van der Waals surface area contributed by atoms with Gasteiger partial charge in [0.05, 0.1) is 10.0 Å². The minimum Gasteiger partial charge on any atom is -0.382 e. The Morgan fingerprint density at radius 1 is 1.11 bits per heavy atom. The highest BCUT2D eigenvalue weighted by molar-refractivity contribution is 6.42. The number of nitrogens with one attached hydrogen (secondary N) is 1. The van der Waals surface area contributed by atoms with Crippen LogP contribution in [0, 0.1) is 0 Å². The Hall–Kier alpha value is -2.27. The maximum Gasteiger partial charge on any atom is 0.253 e. The Kier molecular flexibility index (Phi) is 8.05. The first-order chi connectivity index (χ1) is 17.5. The van der Waals surface area contributed by atoms with Crippen molar-refractivity contribution in [3.05, 3.63) is 92.6 Å². The molecule has 2 aliphatic heterocycles. The number of hydrogen-bond donors (Lipinski definition) is 1. The number of halogens is 2. The third kappa shape index (κ3) is 5.82. The zero-order valence-electron chi connectivity index (χ0n) is 21.0. The van der Waals surface area contributed by atoms with Crippen molar-refractivity contribution in [1.82, 2.24) is 15.1 Å². The molecule has 190 valence electrons. The molecule has 4 nitrogen and oxygen atoms in total. The van der Waals surface area contributed by atoms with Gasteiger partial charge in [-0.2, -0.15) is 0 Å². The molecular weight excluding hydrogens is 489 g/mol.